The third-order valence-corrected chi connectivity index (χ3v) is 3.15. The Morgan fingerprint density at radius 2 is 1.58 bits per heavy atom. The number of esters is 1. The first-order valence-corrected chi connectivity index (χ1v) is 7.50. The van der Waals surface area contributed by atoms with Crippen LogP contribution in [-0.4, -0.2) is 18.1 Å². The van der Waals surface area contributed by atoms with Crippen molar-refractivity contribution in [2.24, 2.45) is 0 Å². The number of hydrogen-bond donors (Lipinski definition) is 2. The Morgan fingerprint density at radius 3 is 2.17 bits per heavy atom. The number of halogens is 1. The van der Waals surface area contributed by atoms with Gasteiger partial charge in [0.25, 0.3) is 0 Å². The van der Waals surface area contributed by atoms with Gasteiger partial charge in [0.2, 0.25) is 0 Å². The van der Waals surface area contributed by atoms with Gasteiger partial charge in [0.1, 0.15) is 5.82 Å². The zero-order chi connectivity index (χ0) is 17.7. The molecule has 0 aliphatic heterocycles. The summed E-state index contributed by atoms with van der Waals surface area (Å²) in [6, 6.07) is 10.2. The lowest BCUT2D eigenvalue weighted by molar-refractivity contribution is 0.0378. The number of ether oxygens (including phenoxy) is 1. The Bertz CT molecular complexity index is 742. The van der Waals surface area contributed by atoms with Crippen LogP contribution in [0.1, 0.15) is 29.8 Å². The molecule has 0 saturated heterocycles. The van der Waals surface area contributed by atoms with Crippen molar-refractivity contribution in [1.29, 1.82) is 0 Å². The molecule has 2 N–H and O–H groups in total. The number of aryl methyl sites for hydroxylation is 1. The van der Waals surface area contributed by atoms with Crippen LogP contribution in [0.4, 0.5) is 20.6 Å². The number of carbonyl (C=O) groups excluding carboxylic acids is 2. The summed E-state index contributed by atoms with van der Waals surface area (Å²) in [5, 5.41) is 5.15. The van der Waals surface area contributed by atoms with Gasteiger partial charge in [0.05, 0.1) is 11.7 Å². The van der Waals surface area contributed by atoms with Crippen molar-refractivity contribution in [3.05, 3.63) is 59.4 Å². The maximum Gasteiger partial charge on any atom is 0.338 e. The van der Waals surface area contributed by atoms with Crippen LogP contribution in [0, 0.1) is 12.7 Å². The lowest BCUT2D eigenvalue weighted by Gasteiger charge is -2.10. The molecule has 24 heavy (non-hydrogen) atoms. The Hall–Kier alpha value is -2.89. The van der Waals surface area contributed by atoms with Crippen molar-refractivity contribution in [3.63, 3.8) is 0 Å². The molecule has 0 heterocycles. The van der Waals surface area contributed by atoms with Gasteiger partial charge in [0, 0.05) is 11.4 Å². The van der Waals surface area contributed by atoms with Gasteiger partial charge in [-0.05, 0) is 62.7 Å². The second-order valence-corrected chi connectivity index (χ2v) is 5.57. The molecule has 0 saturated carbocycles. The first kappa shape index (κ1) is 17.5. The summed E-state index contributed by atoms with van der Waals surface area (Å²) in [6.07, 6.45) is -0.198. The first-order chi connectivity index (χ1) is 11.3. The SMILES string of the molecule is Cc1ccc(NC(=O)Nc2ccc(C(=O)OC(C)C)cc2)cc1F. The fourth-order valence-corrected chi connectivity index (χ4v) is 1.94. The van der Waals surface area contributed by atoms with Gasteiger partial charge < -0.3 is 15.4 Å². The molecule has 0 atom stereocenters. The molecule has 0 aliphatic rings. The highest BCUT2D eigenvalue weighted by Gasteiger charge is 2.10. The molecule has 0 fully saturated rings. The van der Waals surface area contributed by atoms with Crippen molar-refractivity contribution in [2.75, 3.05) is 10.6 Å². The van der Waals surface area contributed by atoms with Crippen LogP contribution >= 0.6 is 0 Å². The fraction of sp³-hybridized carbons (Fsp3) is 0.222. The molecule has 0 unspecified atom stereocenters. The minimum absolute atomic E-state index is 0.198. The van der Waals surface area contributed by atoms with E-state index in [0.717, 1.165) is 0 Å². The molecule has 0 aliphatic carbocycles. The van der Waals surface area contributed by atoms with Gasteiger partial charge in [-0.1, -0.05) is 6.07 Å². The third-order valence-electron chi connectivity index (χ3n) is 3.15. The summed E-state index contributed by atoms with van der Waals surface area (Å²) in [6.45, 7) is 5.18. The molecule has 0 radical (unpaired) electrons. The molecule has 0 spiro atoms. The fourth-order valence-electron chi connectivity index (χ4n) is 1.94. The lowest BCUT2D eigenvalue weighted by atomic mass is 10.2. The number of rotatable bonds is 4. The minimum atomic E-state index is -0.504. The number of hydrogen-bond acceptors (Lipinski definition) is 3. The van der Waals surface area contributed by atoms with Crippen LogP contribution < -0.4 is 10.6 Å². The van der Waals surface area contributed by atoms with Crippen LogP contribution in [-0.2, 0) is 4.74 Å². The van der Waals surface area contributed by atoms with Crippen LogP contribution in [0.3, 0.4) is 0 Å². The standard InChI is InChI=1S/C18H19FN2O3/c1-11(2)24-17(22)13-5-8-14(9-6-13)20-18(23)21-15-7-4-12(3)16(19)10-15/h4-11H,1-3H3,(H2,20,21,23). The van der Waals surface area contributed by atoms with E-state index in [4.69, 9.17) is 4.74 Å². The quantitative estimate of drug-likeness (QED) is 0.819. The monoisotopic (exact) mass is 330 g/mol. The Balaban J connectivity index is 1.96. The molecular formula is C18H19FN2O3. The average molecular weight is 330 g/mol. The predicted molar refractivity (Wildman–Crippen MR) is 90.8 cm³/mol. The van der Waals surface area contributed by atoms with E-state index in [-0.39, 0.29) is 11.9 Å². The van der Waals surface area contributed by atoms with E-state index in [1.807, 2.05) is 0 Å². The molecule has 2 aromatic rings. The largest absolute Gasteiger partial charge is 0.459 e. The number of anilines is 2. The summed E-state index contributed by atoms with van der Waals surface area (Å²) in [4.78, 5) is 23.6. The Labute approximate surface area is 139 Å². The molecule has 2 rings (SSSR count). The van der Waals surface area contributed by atoms with Gasteiger partial charge in [-0.15, -0.1) is 0 Å². The van der Waals surface area contributed by atoms with Crippen molar-refractivity contribution >= 4 is 23.4 Å². The maximum atomic E-state index is 13.5. The van der Waals surface area contributed by atoms with Gasteiger partial charge in [-0.25, -0.2) is 14.0 Å². The van der Waals surface area contributed by atoms with Gasteiger partial charge in [-0.3, -0.25) is 0 Å². The number of nitrogens with one attached hydrogen (secondary N) is 2. The molecule has 0 aromatic heterocycles. The second-order valence-electron chi connectivity index (χ2n) is 5.57. The Morgan fingerprint density at radius 1 is 1.00 bits per heavy atom. The van der Waals surface area contributed by atoms with Crippen molar-refractivity contribution in [1.82, 2.24) is 0 Å². The van der Waals surface area contributed by atoms with Crippen LogP contribution in [0.15, 0.2) is 42.5 Å². The van der Waals surface area contributed by atoms with Gasteiger partial charge in [-0.2, -0.15) is 0 Å². The van der Waals surface area contributed by atoms with E-state index in [2.05, 4.69) is 10.6 Å². The summed E-state index contributed by atoms with van der Waals surface area (Å²) >= 11 is 0. The third kappa shape index (κ3) is 4.81. The lowest BCUT2D eigenvalue weighted by Crippen LogP contribution is -2.19. The summed E-state index contributed by atoms with van der Waals surface area (Å²) < 4.78 is 18.5. The summed E-state index contributed by atoms with van der Waals surface area (Å²) in [7, 11) is 0. The van der Waals surface area contributed by atoms with E-state index in [9.17, 15) is 14.0 Å². The molecule has 0 bridgehead atoms. The van der Waals surface area contributed by atoms with E-state index in [1.54, 1.807) is 57.2 Å². The van der Waals surface area contributed by atoms with E-state index < -0.39 is 12.0 Å². The van der Waals surface area contributed by atoms with Crippen LogP contribution in [0.5, 0.6) is 0 Å². The summed E-state index contributed by atoms with van der Waals surface area (Å²) in [5.74, 6) is -0.808. The van der Waals surface area contributed by atoms with Crippen LogP contribution in [0.25, 0.3) is 0 Å². The zero-order valence-corrected chi connectivity index (χ0v) is 13.7. The highest BCUT2D eigenvalue weighted by molar-refractivity contribution is 6.00. The minimum Gasteiger partial charge on any atom is -0.459 e. The number of carbonyl (C=O) groups is 2. The molecule has 6 heteroatoms. The normalized spacial score (nSPS) is 10.4. The van der Waals surface area contributed by atoms with E-state index in [1.165, 1.54) is 6.07 Å². The maximum absolute atomic E-state index is 13.5. The van der Waals surface area contributed by atoms with Crippen molar-refractivity contribution in [3.8, 4) is 0 Å². The zero-order valence-electron chi connectivity index (χ0n) is 13.7. The smallest absolute Gasteiger partial charge is 0.338 e. The molecular weight excluding hydrogens is 311 g/mol. The topological polar surface area (TPSA) is 67.4 Å². The number of benzene rings is 2. The average Bonchev–Trinajstić information content (AvgIpc) is 2.51. The van der Waals surface area contributed by atoms with Crippen LogP contribution in [0.2, 0.25) is 0 Å². The van der Waals surface area contributed by atoms with Gasteiger partial charge >= 0.3 is 12.0 Å². The number of urea groups is 1. The van der Waals surface area contributed by atoms with Crippen molar-refractivity contribution in [2.45, 2.75) is 26.9 Å². The van der Waals surface area contributed by atoms with Gasteiger partial charge in [0.15, 0.2) is 0 Å². The second kappa shape index (κ2) is 7.59. The molecule has 2 aromatic carbocycles. The molecule has 5 nitrogen and oxygen atoms in total. The molecule has 2 amide bonds. The highest BCUT2D eigenvalue weighted by atomic mass is 19.1. The first-order valence-electron chi connectivity index (χ1n) is 7.50. The predicted octanol–water partition coefficient (Wildman–Crippen LogP) is 4.34. The number of amides is 2. The summed E-state index contributed by atoms with van der Waals surface area (Å²) in [5.41, 5.74) is 1.76. The van der Waals surface area contributed by atoms with E-state index in [0.29, 0.717) is 22.5 Å². The van der Waals surface area contributed by atoms with E-state index >= 15 is 0 Å². The highest BCUT2D eigenvalue weighted by Crippen LogP contribution is 2.15. The molecule has 126 valence electrons. The van der Waals surface area contributed by atoms with Crippen molar-refractivity contribution < 1.29 is 18.7 Å². The Kier molecular flexibility index (Phi) is 5.52.